The highest BCUT2D eigenvalue weighted by atomic mass is 19.1. The van der Waals surface area contributed by atoms with Gasteiger partial charge in [-0.1, -0.05) is 0 Å². The Morgan fingerprint density at radius 3 is 2.19 bits per heavy atom. The van der Waals surface area contributed by atoms with Crippen LogP contribution in [0.1, 0.15) is 0 Å². The second-order valence-electron chi connectivity index (χ2n) is 5.73. The number of anilines is 3. The van der Waals surface area contributed by atoms with Gasteiger partial charge in [0.05, 0.1) is 11.0 Å². The van der Waals surface area contributed by atoms with E-state index in [2.05, 4.69) is 20.6 Å². The van der Waals surface area contributed by atoms with E-state index in [0.717, 1.165) is 12.1 Å². The van der Waals surface area contributed by atoms with E-state index in [4.69, 9.17) is 5.73 Å². The van der Waals surface area contributed by atoms with E-state index >= 15 is 0 Å². The zero-order valence-corrected chi connectivity index (χ0v) is 13.8. The van der Waals surface area contributed by atoms with Gasteiger partial charge in [-0.05, 0) is 42.5 Å². The molecule has 0 aliphatic heterocycles. The highest BCUT2D eigenvalue weighted by Gasteiger charge is 2.30. The molecule has 0 aliphatic carbocycles. The maximum absolute atomic E-state index is 12.9. The van der Waals surface area contributed by atoms with Crippen LogP contribution in [0.2, 0.25) is 0 Å². The molecular weight excluding hydrogens is 357 g/mol. The fraction of sp³-hybridized carbons (Fsp3) is 0.118. The number of aromatic amines is 1. The number of hydrogen-bond donors (Lipinski definition) is 6. The number of aliphatic hydroxyl groups excluding tert-OH is 2. The number of nitrogens with two attached hydrogens (primary N) is 1. The molecule has 0 spiro atoms. The van der Waals surface area contributed by atoms with E-state index in [1.165, 1.54) is 24.3 Å². The molecule has 0 saturated heterocycles. The third-order valence-electron chi connectivity index (χ3n) is 3.72. The summed E-state index contributed by atoms with van der Waals surface area (Å²) in [6, 6.07) is 9.44. The van der Waals surface area contributed by atoms with E-state index in [1.807, 2.05) is 0 Å². The molecule has 2 aromatic carbocycles. The van der Waals surface area contributed by atoms with Crippen molar-refractivity contribution in [2.45, 2.75) is 12.2 Å². The van der Waals surface area contributed by atoms with Crippen LogP contribution in [0.3, 0.4) is 0 Å². The molecule has 0 unspecified atom stereocenters. The summed E-state index contributed by atoms with van der Waals surface area (Å²) in [5, 5.41) is 24.5. The SMILES string of the molecule is Nc1nc2ccc(NC(=O)[C@@H](O)[C@H](O)C(=O)Nc3ccc(F)cc3)cc2[nH]1. The molecule has 3 aromatic rings. The van der Waals surface area contributed by atoms with Crippen molar-refractivity contribution in [1.82, 2.24) is 9.97 Å². The Hall–Kier alpha value is -3.50. The number of hydrogen-bond acceptors (Lipinski definition) is 6. The van der Waals surface area contributed by atoms with Crippen molar-refractivity contribution >= 4 is 40.2 Å². The van der Waals surface area contributed by atoms with Crippen molar-refractivity contribution < 1.29 is 24.2 Å². The van der Waals surface area contributed by atoms with Crippen LogP contribution in [0.25, 0.3) is 11.0 Å². The number of H-pyrrole nitrogens is 1. The van der Waals surface area contributed by atoms with Gasteiger partial charge in [0.1, 0.15) is 5.82 Å². The minimum absolute atomic E-state index is 0.204. The number of benzene rings is 2. The average Bonchev–Trinajstić information content (AvgIpc) is 3.01. The number of imidazole rings is 1. The van der Waals surface area contributed by atoms with Gasteiger partial charge in [0, 0.05) is 11.4 Å². The summed E-state index contributed by atoms with van der Waals surface area (Å²) in [6.45, 7) is 0. The van der Waals surface area contributed by atoms with Gasteiger partial charge in [-0.25, -0.2) is 9.37 Å². The Kier molecular flexibility index (Phi) is 5.01. The first-order valence-corrected chi connectivity index (χ1v) is 7.82. The topological polar surface area (TPSA) is 153 Å². The molecule has 0 bridgehead atoms. The Morgan fingerprint density at radius 2 is 1.56 bits per heavy atom. The van der Waals surface area contributed by atoms with E-state index in [9.17, 15) is 24.2 Å². The normalized spacial score (nSPS) is 13.1. The van der Waals surface area contributed by atoms with Gasteiger partial charge in [0.15, 0.2) is 18.2 Å². The van der Waals surface area contributed by atoms with Gasteiger partial charge in [0.25, 0.3) is 11.8 Å². The van der Waals surface area contributed by atoms with E-state index in [0.29, 0.717) is 16.7 Å². The summed E-state index contributed by atoms with van der Waals surface area (Å²) in [7, 11) is 0. The molecule has 2 atom stereocenters. The molecule has 0 aliphatic rings. The number of nitrogens with zero attached hydrogens (tertiary/aromatic N) is 1. The van der Waals surface area contributed by atoms with Gasteiger partial charge in [0.2, 0.25) is 0 Å². The van der Waals surface area contributed by atoms with Crippen LogP contribution in [0.15, 0.2) is 42.5 Å². The molecule has 3 rings (SSSR count). The summed E-state index contributed by atoms with van der Waals surface area (Å²) in [6.07, 6.45) is -4.05. The first kappa shape index (κ1) is 18.3. The number of carbonyl (C=O) groups is 2. The third-order valence-corrected chi connectivity index (χ3v) is 3.72. The second kappa shape index (κ2) is 7.40. The average molecular weight is 373 g/mol. The molecule has 140 valence electrons. The quantitative estimate of drug-likeness (QED) is 0.385. The zero-order chi connectivity index (χ0) is 19.6. The van der Waals surface area contributed by atoms with Gasteiger partial charge in [-0.15, -0.1) is 0 Å². The minimum atomic E-state index is -2.03. The van der Waals surface area contributed by atoms with Gasteiger partial charge < -0.3 is 31.6 Å². The zero-order valence-electron chi connectivity index (χ0n) is 13.8. The van der Waals surface area contributed by atoms with Crippen molar-refractivity contribution in [1.29, 1.82) is 0 Å². The molecule has 0 saturated carbocycles. The molecule has 0 radical (unpaired) electrons. The van der Waals surface area contributed by atoms with Crippen molar-refractivity contribution in [3.05, 3.63) is 48.3 Å². The predicted octanol–water partition coefficient (Wildman–Crippen LogP) is 0.583. The lowest BCUT2D eigenvalue weighted by atomic mass is 10.1. The molecule has 1 aromatic heterocycles. The molecule has 9 nitrogen and oxygen atoms in total. The van der Waals surface area contributed by atoms with Crippen molar-refractivity contribution in [2.75, 3.05) is 16.4 Å². The minimum Gasteiger partial charge on any atom is -0.380 e. The number of halogens is 1. The van der Waals surface area contributed by atoms with E-state index in [-0.39, 0.29) is 11.6 Å². The molecule has 2 amide bonds. The van der Waals surface area contributed by atoms with Crippen molar-refractivity contribution in [2.24, 2.45) is 0 Å². The number of aromatic nitrogens is 2. The summed E-state index contributed by atoms with van der Waals surface area (Å²) in [5.41, 5.74) is 7.21. The van der Waals surface area contributed by atoms with Crippen LogP contribution in [0.5, 0.6) is 0 Å². The van der Waals surface area contributed by atoms with Crippen molar-refractivity contribution in [3.8, 4) is 0 Å². The number of nitrogen functional groups attached to an aromatic ring is 1. The highest BCUT2D eigenvalue weighted by Crippen LogP contribution is 2.18. The number of amides is 2. The maximum atomic E-state index is 12.9. The summed E-state index contributed by atoms with van der Waals surface area (Å²) in [5.74, 6) is -2.28. The van der Waals surface area contributed by atoms with Crippen LogP contribution in [0, 0.1) is 5.82 Å². The lowest BCUT2D eigenvalue weighted by Gasteiger charge is -2.17. The first-order valence-electron chi connectivity index (χ1n) is 7.82. The maximum Gasteiger partial charge on any atom is 0.256 e. The molecule has 0 fully saturated rings. The Morgan fingerprint density at radius 1 is 1.00 bits per heavy atom. The number of carbonyl (C=O) groups excluding carboxylic acids is 2. The van der Waals surface area contributed by atoms with E-state index in [1.54, 1.807) is 6.07 Å². The number of rotatable bonds is 5. The lowest BCUT2D eigenvalue weighted by molar-refractivity contribution is -0.139. The number of fused-ring (bicyclic) bond motifs is 1. The highest BCUT2D eigenvalue weighted by molar-refractivity contribution is 6.02. The van der Waals surface area contributed by atoms with Crippen LogP contribution >= 0.6 is 0 Å². The summed E-state index contributed by atoms with van der Waals surface area (Å²) < 4.78 is 12.9. The van der Waals surface area contributed by atoms with Crippen LogP contribution in [-0.2, 0) is 9.59 Å². The monoisotopic (exact) mass is 373 g/mol. The molecule has 27 heavy (non-hydrogen) atoms. The predicted molar refractivity (Wildman–Crippen MR) is 96.2 cm³/mol. The number of aliphatic hydroxyl groups is 2. The molecule has 10 heteroatoms. The Labute approximate surface area is 152 Å². The van der Waals surface area contributed by atoms with Crippen LogP contribution < -0.4 is 16.4 Å². The van der Waals surface area contributed by atoms with E-state index < -0.39 is 29.8 Å². The third kappa shape index (κ3) is 4.19. The largest absolute Gasteiger partial charge is 0.380 e. The fourth-order valence-corrected chi connectivity index (χ4v) is 2.36. The Balaban J connectivity index is 1.63. The molecule has 1 heterocycles. The first-order chi connectivity index (χ1) is 12.8. The van der Waals surface area contributed by atoms with Gasteiger partial charge in [-0.3, -0.25) is 9.59 Å². The van der Waals surface area contributed by atoms with Crippen molar-refractivity contribution in [3.63, 3.8) is 0 Å². The number of nitrogens with one attached hydrogen (secondary N) is 3. The van der Waals surface area contributed by atoms with Crippen LogP contribution in [-0.4, -0.2) is 44.2 Å². The molecule has 7 N–H and O–H groups in total. The summed E-state index contributed by atoms with van der Waals surface area (Å²) in [4.78, 5) is 30.8. The van der Waals surface area contributed by atoms with Gasteiger partial charge >= 0.3 is 0 Å². The Bertz CT molecular complexity index is 989. The second-order valence-corrected chi connectivity index (χ2v) is 5.73. The van der Waals surface area contributed by atoms with Crippen LogP contribution in [0.4, 0.5) is 21.7 Å². The lowest BCUT2D eigenvalue weighted by Crippen LogP contribution is -2.45. The standard InChI is InChI=1S/C17H16FN5O4/c18-8-1-3-9(4-2-8)20-15(26)13(24)14(25)16(27)21-10-5-6-11-12(7-10)23-17(19)22-11/h1-7,13-14,24-25H,(H,20,26)(H,21,27)(H3,19,22,23)/t13-,14-/m0/s1. The molecular formula is C17H16FN5O4. The fourth-order valence-electron chi connectivity index (χ4n) is 2.36. The smallest absolute Gasteiger partial charge is 0.256 e. The summed E-state index contributed by atoms with van der Waals surface area (Å²) >= 11 is 0. The van der Waals surface area contributed by atoms with Gasteiger partial charge in [-0.2, -0.15) is 0 Å².